The lowest BCUT2D eigenvalue weighted by Gasteiger charge is -2.12. The van der Waals surface area contributed by atoms with Crippen molar-refractivity contribution < 1.29 is 25.9 Å². The summed E-state index contributed by atoms with van der Waals surface area (Å²) in [5, 5.41) is 9.80. The lowest BCUT2D eigenvalue weighted by molar-refractivity contribution is 0.481. The summed E-state index contributed by atoms with van der Waals surface area (Å²) in [6.45, 7) is 0.561. The Morgan fingerprint density at radius 2 is 1.53 bits per heavy atom. The molecule has 0 bridgehead atoms. The zero-order valence-electron chi connectivity index (χ0n) is 16.6. The van der Waals surface area contributed by atoms with Gasteiger partial charge in [-0.2, -0.15) is 31.8 Å². The average molecular weight is 484 g/mol. The van der Waals surface area contributed by atoms with Crippen molar-refractivity contribution in [2.75, 3.05) is 41.3 Å². The molecular weight excluding hydrogens is 462 g/mol. The second-order valence-corrected chi connectivity index (χ2v) is 9.52. The van der Waals surface area contributed by atoms with Crippen molar-refractivity contribution in [3.8, 4) is 0 Å². The van der Waals surface area contributed by atoms with Gasteiger partial charge in [-0.1, -0.05) is 18.2 Å². The van der Waals surface area contributed by atoms with E-state index in [1.165, 1.54) is 18.2 Å². The molecule has 0 radical (unpaired) electrons. The molecule has 0 unspecified atom stereocenters. The first-order chi connectivity index (χ1) is 15.0. The standard InChI is InChI=1S/C17H21N7O6S2/c18-6-7-19-15-22-16(20-8-9-31(25,26)27)24-17(23-15)21-14-3-1-2-11-10-12(32(28,29)30)4-5-13(11)14/h1-5,10H,6-9,18H2,(H,25,26,27)(H,28,29,30)(H3,19,20,21,22,23,24). The quantitative estimate of drug-likeness (QED) is 0.219. The summed E-state index contributed by atoms with van der Waals surface area (Å²) in [4.78, 5) is 12.3. The fourth-order valence-electron chi connectivity index (χ4n) is 2.72. The van der Waals surface area contributed by atoms with Gasteiger partial charge in [0.2, 0.25) is 17.8 Å². The van der Waals surface area contributed by atoms with Crippen LogP contribution in [0.5, 0.6) is 0 Å². The van der Waals surface area contributed by atoms with Gasteiger partial charge < -0.3 is 21.7 Å². The third kappa shape index (κ3) is 6.44. The first kappa shape index (κ1) is 23.6. The number of anilines is 4. The number of hydrogen-bond donors (Lipinski definition) is 6. The van der Waals surface area contributed by atoms with E-state index in [0.717, 1.165) is 0 Å². The van der Waals surface area contributed by atoms with E-state index in [-0.39, 0.29) is 29.3 Å². The van der Waals surface area contributed by atoms with Gasteiger partial charge in [0, 0.05) is 30.7 Å². The van der Waals surface area contributed by atoms with Crippen molar-refractivity contribution in [1.82, 2.24) is 15.0 Å². The van der Waals surface area contributed by atoms with Crippen LogP contribution < -0.4 is 21.7 Å². The molecule has 7 N–H and O–H groups in total. The zero-order chi connectivity index (χ0) is 23.4. The molecule has 1 aromatic heterocycles. The van der Waals surface area contributed by atoms with Crippen LogP contribution in [0.2, 0.25) is 0 Å². The highest BCUT2D eigenvalue weighted by molar-refractivity contribution is 7.86. The molecule has 0 aliphatic carbocycles. The number of nitrogens with two attached hydrogens (primary N) is 1. The SMILES string of the molecule is NCCNc1nc(NCCS(=O)(=O)O)nc(Nc2cccc3cc(S(=O)(=O)O)ccc23)n1. The highest BCUT2D eigenvalue weighted by Crippen LogP contribution is 2.28. The Labute approximate surface area is 184 Å². The molecule has 3 aromatic rings. The van der Waals surface area contributed by atoms with Gasteiger partial charge in [0.15, 0.2) is 0 Å². The molecule has 172 valence electrons. The van der Waals surface area contributed by atoms with E-state index in [1.807, 2.05) is 0 Å². The lowest BCUT2D eigenvalue weighted by atomic mass is 10.1. The van der Waals surface area contributed by atoms with Crippen LogP contribution >= 0.6 is 0 Å². The highest BCUT2D eigenvalue weighted by atomic mass is 32.2. The molecule has 0 fully saturated rings. The normalized spacial score (nSPS) is 12.0. The number of aromatic nitrogens is 3. The maximum atomic E-state index is 11.4. The number of fused-ring (bicyclic) bond motifs is 1. The molecule has 1 heterocycles. The van der Waals surface area contributed by atoms with Crippen LogP contribution in [0.3, 0.4) is 0 Å². The first-order valence-corrected chi connectivity index (χ1v) is 12.3. The maximum absolute atomic E-state index is 11.4. The number of benzene rings is 2. The van der Waals surface area contributed by atoms with Crippen LogP contribution in [0.15, 0.2) is 41.3 Å². The minimum absolute atomic E-state index is 0.0552. The Morgan fingerprint density at radius 3 is 2.16 bits per heavy atom. The summed E-state index contributed by atoms with van der Waals surface area (Å²) in [6, 6.07) is 9.21. The summed E-state index contributed by atoms with van der Waals surface area (Å²) in [5.41, 5.74) is 6.03. The van der Waals surface area contributed by atoms with Gasteiger partial charge >= 0.3 is 0 Å². The smallest absolute Gasteiger partial charge is 0.294 e. The van der Waals surface area contributed by atoms with Crippen molar-refractivity contribution in [3.63, 3.8) is 0 Å². The minimum Gasteiger partial charge on any atom is -0.353 e. The fraction of sp³-hybridized carbons (Fsp3) is 0.235. The predicted molar refractivity (Wildman–Crippen MR) is 119 cm³/mol. The fourth-order valence-corrected chi connectivity index (χ4v) is 3.59. The van der Waals surface area contributed by atoms with Crippen molar-refractivity contribution >= 4 is 54.5 Å². The lowest BCUT2D eigenvalue weighted by Crippen LogP contribution is -2.19. The molecule has 0 aliphatic heterocycles. The van der Waals surface area contributed by atoms with Gasteiger partial charge in [-0.3, -0.25) is 9.11 Å². The summed E-state index contributed by atoms with van der Waals surface area (Å²) in [7, 11) is -8.50. The van der Waals surface area contributed by atoms with Gasteiger partial charge in [0.05, 0.1) is 10.6 Å². The second-order valence-electron chi connectivity index (χ2n) is 6.52. The number of nitrogens with zero attached hydrogens (tertiary/aromatic N) is 3. The predicted octanol–water partition coefficient (Wildman–Crippen LogP) is 0.685. The third-order valence-corrected chi connectivity index (χ3v) is 5.67. The molecule has 13 nitrogen and oxygen atoms in total. The summed E-state index contributed by atoms with van der Waals surface area (Å²) >= 11 is 0. The molecule has 0 spiro atoms. The van der Waals surface area contributed by atoms with Gasteiger partial charge in [-0.25, -0.2) is 0 Å². The summed E-state index contributed by atoms with van der Waals surface area (Å²) < 4.78 is 62.8. The molecule has 3 rings (SSSR count). The first-order valence-electron chi connectivity index (χ1n) is 9.21. The monoisotopic (exact) mass is 483 g/mol. The Hall–Kier alpha value is -3.11. The Bertz CT molecular complexity index is 1330. The molecule has 2 aromatic carbocycles. The third-order valence-electron chi connectivity index (χ3n) is 4.10. The zero-order valence-corrected chi connectivity index (χ0v) is 18.2. The van der Waals surface area contributed by atoms with E-state index in [2.05, 4.69) is 30.9 Å². The molecule has 32 heavy (non-hydrogen) atoms. The van der Waals surface area contributed by atoms with E-state index in [1.54, 1.807) is 18.2 Å². The molecule has 0 aliphatic rings. The van der Waals surface area contributed by atoms with Crippen LogP contribution in [0.1, 0.15) is 0 Å². The van der Waals surface area contributed by atoms with Crippen LogP contribution in [0, 0.1) is 0 Å². The van der Waals surface area contributed by atoms with E-state index in [0.29, 0.717) is 29.5 Å². The number of nitrogens with one attached hydrogen (secondary N) is 3. The Kier molecular flexibility index (Phi) is 7.05. The van der Waals surface area contributed by atoms with Gasteiger partial charge in [-0.05, 0) is 23.6 Å². The van der Waals surface area contributed by atoms with Gasteiger partial charge in [-0.15, -0.1) is 0 Å². The van der Waals surface area contributed by atoms with Crippen molar-refractivity contribution in [1.29, 1.82) is 0 Å². The Balaban J connectivity index is 1.92. The minimum atomic E-state index is -4.35. The van der Waals surface area contributed by atoms with E-state index in [9.17, 15) is 21.4 Å². The molecule has 0 atom stereocenters. The van der Waals surface area contributed by atoms with Crippen LogP contribution in [-0.4, -0.2) is 66.3 Å². The van der Waals surface area contributed by atoms with Gasteiger partial charge in [0.1, 0.15) is 0 Å². The molecule has 15 heteroatoms. The Morgan fingerprint density at radius 1 is 0.875 bits per heavy atom. The van der Waals surface area contributed by atoms with E-state index < -0.39 is 26.0 Å². The van der Waals surface area contributed by atoms with Crippen molar-refractivity contribution in [2.45, 2.75) is 4.90 Å². The largest absolute Gasteiger partial charge is 0.353 e. The summed E-state index contributed by atoms with van der Waals surface area (Å²) in [6.07, 6.45) is 0. The maximum Gasteiger partial charge on any atom is 0.294 e. The molecule has 0 saturated heterocycles. The highest BCUT2D eigenvalue weighted by Gasteiger charge is 2.13. The number of hydrogen-bond acceptors (Lipinski definition) is 11. The second kappa shape index (κ2) is 9.58. The van der Waals surface area contributed by atoms with Crippen molar-refractivity contribution in [2.24, 2.45) is 5.73 Å². The van der Waals surface area contributed by atoms with Gasteiger partial charge in [0.25, 0.3) is 20.2 Å². The molecule has 0 amide bonds. The van der Waals surface area contributed by atoms with Crippen molar-refractivity contribution in [3.05, 3.63) is 36.4 Å². The average Bonchev–Trinajstić information content (AvgIpc) is 2.70. The van der Waals surface area contributed by atoms with Crippen LogP contribution in [-0.2, 0) is 20.2 Å². The topological polar surface area (TPSA) is 210 Å². The number of rotatable bonds is 10. The summed E-state index contributed by atoms with van der Waals surface area (Å²) in [5.74, 6) is -0.192. The van der Waals surface area contributed by atoms with Crippen LogP contribution in [0.4, 0.5) is 23.5 Å². The van der Waals surface area contributed by atoms with E-state index in [4.69, 9.17) is 10.3 Å². The van der Waals surface area contributed by atoms with Crippen LogP contribution in [0.25, 0.3) is 10.8 Å². The molecule has 0 saturated carbocycles. The van der Waals surface area contributed by atoms with E-state index >= 15 is 0 Å². The molecular formula is C17H21N7O6S2.